The van der Waals surface area contributed by atoms with Gasteiger partial charge in [0.25, 0.3) is 5.79 Å². The molecule has 1 fully saturated rings. The van der Waals surface area contributed by atoms with Crippen molar-refractivity contribution in [3.63, 3.8) is 0 Å². The van der Waals surface area contributed by atoms with Crippen molar-refractivity contribution in [3.05, 3.63) is 84.1 Å². The maximum absolute atomic E-state index is 6.35. The average molecular weight is 426 g/mol. The molecule has 0 bridgehead atoms. The van der Waals surface area contributed by atoms with E-state index in [2.05, 4.69) is 17.1 Å². The van der Waals surface area contributed by atoms with E-state index < -0.39 is 5.79 Å². The minimum atomic E-state index is -0.537. The molecule has 0 aromatic heterocycles. The van der Waals surface area contributed by atoms with E-state index in [4.69, 9.17) is 9.47 Å². The molecular formula is C23H24BrNO2. The van der Waals surface area contributed by atoms with E-state index >= 15 is 0 Å². The Hall–Kier alpha value is -2.33. The fourth-order valence-electron chi connectivity index (χ4n) is 3.46. The summed E-state index contributed by atoms with van der Waals surface area (Å²) in [6.07, 6.45) is 11.0. The Morgan fingerprint density at radius 1 is 0.815 bits per heavy atom. The van der Waals surface area contributed by atoms with Gasteiger partial charge in [0.1, 0.15) is 11.5 Å². The van der Waals surface area contributed by atoms with Gasteiger partial charge in [0.2, 0.25) is 0 Å². The van der Waals surface area contributed by atoms with Crippen LogP contribution in [0.3, 0.4) is 0 Å². The van der Waals surface area contributed by atoms with Gasteiger partial charge in [0.05, 0.1) is 5.69 Å². The maximum Gasteiger partial charge on any atom is 0.251 e. The van der Waals surface area contributed by atoms with Gasteiger partial charge in [-0.25, -0.2) is 0 Å². The number of aliphatic imine (C=N–C) groups is 1. The zero-order valence-corrected chi connectivity index (χ0v) is 16.9. The number of hydrogen-bond acceptors (Lipinski definition) is 3. The molecule has 1 aliphatic carbocycles. The third-order valence-electron chi connectivity index (χ3n) is 4.77. The molecule has 140 valence electrons. The molecule has 1 spiro atoms. The summed E-state index contributed by atoms with van der Waals surface area (Å²) in [4.78, 5) is 4.48. The van der Waals surface area contributed by atoms with E-state index in [9.17, 15) is 0 Å². The predicted octanol–water partition coefficient (Wildman–Crippen LogP) is 6.60. The van der Waals surface area contributed by atoms with Crippen LogP contribution in [0.25, 0.3) is 5.76 Å². The number of para-hydroxylation sites is 1. The molecule has 2 aromatic rings. The first-order valence-electron chi connectivity index (χ1n) is 9.28. The second-order valence-electron chi connectivity index (χ2n) is 6.73. The smallest absolute Gasteiger partial charge is 0.251 e. The number of benzene rings is 2. The molecule has 1 saturated carbocycles. The Balaban J connectivity index is 0.00000210. The standard InChI is InChI=1S/C23H23NO2.BrH/c1-4-10-19(11-5-1)22-18-21(14-17-24-20-12-6-2-7-13-20)25-23(26-22)15-8-3-9-16-23;/h1-2,4-7,10-14,17-18H,3,8-9,15-16H2;1H/b21-14-,24-17?;. The molecule has 27 heavy (non-hydrogen) atoms. The minimum Gasteiger partial charge on any atom is -0.452 e. The van der Waals surface area contributed by atoms with Crippen LogP contribution in [0.4, 0.5) is 5.69 Å². The SMILES string of the molecule is Br.C(/C=C1/C=C(c2ccccc2)OC2(CCCCC2)O1)=Nc1ccccc1. The van der Waals surface area contributed by atoms with E-state index in [0.29, 0.717) is 0 Å². The fourth-order valence-corrected chi connectivity index (χ4v) is 3.46. The van der Waals surface area contributed by atoms with Gasteiger partial charge in [-0.3, -0.25) is 4.99 Å². The van der Waals surface area contributed by atoms with Crippen molar-refractivity contribution in [1.29, 1.82) is 0 Å². The van der Waals surface area contributed by atoms with Crippen LogP contribution in [-0.4, -0.2) is 12.0 Å². The summed E-state index contributed by atoms with van der Waals surface area (Å²) in [5.74, 6) is 1.14. The normalized spacial score (nSPS) is 19.9. The number of nitrogens with zero attached hydrogens (tertiary/aromatic N) is 1. The lowest BCUT2D eigenvalue weighted by Gasteiger charge is -2.41. The summed E-state index contributed by atoms with van der Waals surface area (Å²) in [6.45, 7) is 0. The molecule has 2 aliphatic rings. The van der Waals surface area contributed by atoms with Gasteiger partial charge in [0, 0.05) is 30.7 Å². The second-order valence-corrected chi connectivity index (χ2v) is 6.73. The molecule has 2 aromatic carbocycles. The molecule has 0 atom stereocenters. The highest BCUT2D eigenvalue weighted by molar-refractivity contribution is 8.93. The first-order valence-corrected chi connectivity index (χ1v) is 9.28. The van der Waals surface area contributed by atoms with Crippen LogP contribution in [0.2, 0.25) is 0 Å². The van der Waals surface area contributed by atoms with Crippen molar-refractivity contribution in [2.75, 3.05) is 0 Å². The zero-order chi connectivity index (χ0) is 17.7. The quantitative estimate of drug-likeness (QED) is 0.518. The molecule has 0 radical (unpaired) electrons. The molecule has 0 unspecified atom stereocenters. The van der Waals surface area contributed by atoms with Crippen molar-refractivity contribution in [3.8, 4) is 0 Å². The van der Waals surface area contributed by atoms with Crippen LogP contribution in [0, 0.1) is 0 Å². The van der Waals surface area contributed by atoms with Gasteiger partial charge < -0.3 is 9.47 Å². The van der Waals surface area contributed by atoms with E-state index in [1.807, 2.05) is 60.7 Å². The summed E-state index contributed by atoms with van der Waals surface area (Å²) < 4.78 is 12.6. The highest BCUT2D eigenvalue weighted by Crippen LogP contribution is 2.41. The molecule has 0 amide bonds. The molecular weight excluding hydrogens is 402 g/mol. The van der Waals surface area contributed by atoms with Crippen LogP contribution in [-0.2, 0) is 9.47 Å². The van der Waals surface area contributed by atoms with Gasteiger partial charge in [0.15, 0.2) is 0 Å². The highest BCUT2D eigenvalue weighted by Gasteiger charge is 2.40. The van der Waals surface area contributed by atoms with Crippen molar-refractivity contribution in [2.24, 2.45) is 4.99 Å². The van der Waals surface area contributed by atoms with Crippen LogP contribution < -0.4 is 0 Å². The van der Waals surface area contributed by atoms with Crippen molar-refractivity contribution in [1.82, 2.24) is 0 Å². The number of rotatable bonds is 3. The molecule has 1 heterocycles. The van der Waals surface area contributed by atoms with Crippen molar-refractivity contribution in [2.45, 2.75) is 37.9 Å². The summed E-state index contributed by atoms with van der Waals surface area (Å²) in [7, 11) is 0. The van der Waals surface area contributed by atoms with Crippen molar-refractivity contribution < 1.29 is 9.47 Å². The fraction of sp³-hybridized carbons (Fsp3) is 0.261. The Kier molecular flexibility index (Phi) is 6.51. The topological polar surface area (TPSA) is 30.8 Å². The Morgan fingerprint density at radius 3 is 2.19 bits per heavy atom. The highest BCUT2D eigenvalue weighted by atomic mass is 79.9. The number of allylic oxidation sites excluding steroid dienone is 2. The Morgan fingerprint density at radius 2 is 1.48 bits per heavy atom. The molecule has 4 heteroatoms. The minimum absolute atomic E-state index is 0. The second kappa shape index (κ2) is 9.05. The summed E-state index contributed by atoms with van der Waals surface area (Å²) in [5.41, 5.74) is 2.00. The zero-order valence-electron chi connectivity index (χ0n) is 15.2. The van der Waals surface area contributed by atoms with Gasteiger partial charge in [-0.05, 0) is 31.1 Å². The van der Waals surface area contributed by atoms with E-state index in [1.54, 1.807) is 6.21 Å². The van der Waals surface area contributed by atoms with Crippen LogP contribution in [0.5, 0.6) is 0 Å². The lowest BCUT2D eigenvalue weighted by Crippen LogP contribution is -2.39. The predicted molar refractivity (Wildman–Crippen MR) is 115 cm³/mol. The molecule has 4 rings (SSSR count). The molecule has 0 saturated heterocycles. The van der Waals surface area contributed by atoms with Crippen LogP contribution in [0.15, 0.2) is 83.6 Å². The summed E-state index contributed by atoms with van der Waals surface area (Å²) in [5, 5.41) is 0. The van der Waals surface area contributed by atoms with Gasteiger partial charge in [-0.2, -0.15) is 0 Å². The van der Waals surface area contributed by atoms with Gasteiger partial charge in [-0.1, -0.05) is 55.0 Å². The summed E-state index contributed by atoms with van der Waals surface area (Å²) >= 11 is 0. The average Bonchev–Trinajstić information content (AvgIpc) is 2.70. The molecule has 0 N–H and O–H groups in total. The third kappa shape index (κ3) is 4.89. The van der Waals surface area contributed by atoms with Gasteiger partial charge in [-0.15, -0.1) is 17.0 Å². The summed E-state index contributed by atoms with van der Waals surface area (Å²) in [6, 6.07) is 20.1. The van der Waals surface area contributed by atoms with E-state index in [-0.39, 0.29) is 17.0 Å². The first kappa shape index (κ1) is 19.4. The first-order chi connectivity index (χ1) is 12.8. The maximum atomic E-state index is 6.35. The lowest BCUT2D eigenvalue weighted by molar-refractivity contribution is -0.196. The number of hydrogen-bond donors (Lipinski definition) is 0. The number of halogens is 1. The lowest BCUT2D eigenvalue weighted by atomic mass is 9.93. The molecule has 3 nitrogen and oxygen atoms in total. The van der Waals surface area contributed by atoms with Gasteiger partial charge >= 0.3 is 0 Å². The largest absolute Gasteiger partial charge is 0.452 e. The van der Waals surface area contributed by atoms with Crippen molar-refractivity contribution >= 4 is 34.6 Å². The van der Waals surface area contributed by atoms with Crippen LogP contribution >= 0.6 is 17.0 Å². The Labute approximate surface area is 171 Å². The number of ether oxygens (including phenoxy) is 2. The van der Waals surface area contributed by atoms with Crippen LogP contribution in [0.1, 0.15) is 37.7 Å². The monoisotopic (exact) mass is 425 g/mol. The third-order valence-corrected chi connectivity index (χ3v) is 4.77. The van der Waals surface area contributed by atoms with E-state index in [1.165, 1.54) is 6.42 Å². The Bertz CT molecular complexity index is 822. The molecule has 1 aliphatic heterocycles. The van der Waals surface area contributed by atoms with E-state index in [0.717, 1.165) is 48.5 Å².